The van der Waals surface area contributed by atoms with Crippen LogP contribution in [0.25, 0.3) is 0 Å². The van der Waals surface area contributed by atoms with Crippen LogP contribution >= 0.6 is 15.9 Å². The van der Waals surface area contributed by atoms with E-state index in [0.29, 0.717) is 17.4 Å². The Kier molecular flexibility index (Phi) is 4.16. The summed E-state index contributed by atoms with van der Waals surface area (Å²) in [6.45, 7) is 0.843. The van der Waals surface area contributed by atoms with Gasteiger partial charge in [0.1, 0.15) is 0 Å². The smallest absolute Gasteiger partial charge is 0.271 e. The van der Waals surface area contributed by atoms with Crippen LogP contribution < -0.4 is 0 Å². The molecule has 0 saturated carbocycles. The Morgan fingerprint density at radius 2 is 2.21 bits per heavy atom. The van der Waals surface area contributed by atoms with Gasteiger partial charge in [0.15, 0.2) is 0 Å². The summed E-state index contributed by atoms with van der Waals surface area (Å²) in [6, 6.07) is 4.16. The summed E-state index contributed by atoms with van der Waals surface area (Å²) in [5.74, 6) is -0.289. The number of piperidine rings is 1. The number of non-ortho nitro benzene ring substituents is 1. The van der Waals surface area contributed by atoms with Crippen LogP contribution in [0.4, 0.5) is 5.69 Å². The van der Waals surface area contributed by atoms with Gasteiger partial charge in [0.25, 0.3) is 11.6 Å². The highest BCUT2D eigenvalue weighted by Gasteiger charge is 2.24. The van der Waals surface area contributed by atoms with Crippen molar-refractivity contribution in [3.05, 3.63) is 38.3 Å². The van der Waals surface area contributed by atoms with Gasteiger partial charge in [-0.25, -0.2) is 0 Å². The quantitative estimate of drug-likeness (QED) is 0.664. The fourth-order valence-corrected chi connectivity index (χ4v) is 2.61. The first-order chi connectivity index (χ1) is 8.97. The second kappa shape index (κ2) is 5.66. The number of likely N-dealkylation sites (tertiary alicyclic amines) is 1. The molecule has 1 aromatic carbocycles. The first-order valence-corrected chi connectivity index (χ1v) is 6.69. The van der Waals surface area contributed by atoms with Gasteiger partial charge in [-0.3, -0.25) is 14.9 Å². The second-order valence-corrected chi connectivity index (χ2v) is 5.42. The standard InChI is InChI=1S/C12H13BrN2O4/c13-9-4-8(5-10(6-9)15(18)19)12(17)14-3-1-2-11(16)7-14/h4-6,11,16H,1-3,7H2/t11-/m0/s1. The van der Waals surface area contributed by atoms with E-state index in [4.69, 9.17) is 0 Å². The third kappa shape index (κ3) is 3.30. The first kappa shape index (κ1) is 14.0. The van der Waals surface area contributed by atoms with Crippen LogP contribution in [0.3, 0.4) is 0 Å². The molecule has 1 atom stereocenters. The van der Waals surface area contributed by atoms with Crippen molar-refractivity contribution in [1.29, 1.82) is 0 Å². The molecule has 19 heavy (non-hydrogen) atoms. The highest BCUT2D eigenvalue weighted by molar-refractivity contribution is 9.10. The number of nitrogens with zero attached hydrogens (tertiary/aromatic N) is 2. The summed E-state index contributed by atoms with van der Waals surface area (Å²) in [6.07, 6.45) is 0.908. The molecule has 0 aliphatic carbocycles. The van der Waals surface area contributed by atoms with Crippen molar-refractivity contribution < 1.29 is 14.8 Å². The van der Waals surface area contributed by atoms with Crippen molar-refractivity contribution in [2.75, 3.05) is 13.1 Å². The number of benzene rings is 1. The highest BCUT2D eigenvalue weighted by Crippen LogP contribution is 2.23. The number of aliphatic hydroxyl groups excluding tert-OH is 1. The van der Waals surface area contributed by atoms with Crippen LogP contribution in [-0.2, 0) is 0 Å². The Hall–Kier alpha value is -1.47. The Morgan fingerprint density at radius 1 is 1.47 bits per heavy atom. The van der Waals surface area contributed by atoms with Gasteiger partial charge in [0.05, 0.1) is 11.0 Å². The molecular weight excluding hydrogens is 316 g/mol. The summed E-state index contributed by atoms with van der Waals surface area (Å²) in [7, 11) is 0. The summed E-state index contributed by atoms with van der Waals surface area (Å²) < 4.78 is 0.489. The van der Waals surface area contributed by atoms with Crippen LogP contribution in [0.15, 0.2) is 22.7 Å². The van der Waals surface area contributed by atoms with Crippen molar-refractivity contribution in [3.8, 4) is 0 Å². The fourth-order valence-electron chi connectivity index (χ4n) is 2.12. The van der Waals surface area contributed by atoms with Gasteiger partial charge in [-0.15, -0.1) is 0 Å². The number of nitro groups is 1. The molecule has 0 unspecified atom stereocenters. The van der Waals surface area contributed by atoms with E-state index in [1.165, 1.54) is 17.0 Å². The molecule has 7 heteroatoms. The normalized spacial score (nSPS) is 19.3. The molecule has 1 N–H and O–H groups in total. The van der Waals surface area contributed by atoms with Crippen molar-refractivity contribution in [2.24, 2.45) is 0 Å². The van der Waals surface area contributed by atoms with Gasteiger partial charge in [-0.05, 0) is 18.9 Å². The van der Waals surface area contributed by atoms with Gasteiger partial charge in [-0.1, -0.05) is 15.9 Å². The van der Waals surface area contributed by atoms with E-state index in [1.54, 1.807) is 6.07 Å². The molecule has 0 bridgehead atoms. The lowest BCUT2D eigenvalue weighted by Crippen LogP contribution is -2.42. The molecule has 1 amide bonds. The molecular formula is C12H13BrN2O4. The van der Waals surface area contributed by atoms with E-state index in [2.05, 4.69) is 15.9 Å². The van der Waals surface area contributed by atoms with Gasteiger partial charge in [0.2, 0.25) is 0 Å². The lowest BCUT2D eigenvalue weighted by molar-refractivity contribution is -0.385. The number of halogens is 1. The van der Waals surface area contributed by atoms with E-state index in [-0.39, 0.29) is 23.7 Å². The van der Waals surface area contributed by atoms with Crippen molar-refractivity contribution in [3.63, 3.8) is 0 Å². The maximum absolute atomic E-state index is 12.2. The summed E-state index contributed by atoms with van der Waals surface area (Å²) in [5.41, 5.74) is 0.130. The minimum absolute atomic E-state index is 0.129. The molecule has 1 aliphatic heterocycles. The van der Waals surface area contributed by atoms with Crippen LogP contribution in [0.5, 0.6) is 0 Å². The maximum Gasteiger partial charge on any atom is 0.271 e. The molecule has 1 heterocycles. The monoisotopic (exact) mass is 328 g/mol. The van der Waals surface area contributed by atoms with Gasteiger partial charge in [0, 0.05) is 35.3 Å². The highest BCUT2D eigenvalue weighted by atomic mass is 79.9. The van der Waals surface area contributed by atoms with Crippen molar-refractivity contribution >= 4 is 27.5 Å². The Morgan fingerprint density at radius 3 is 2.84 bits per heavy atom. The number of β-amino-alcohol motifs (C(OH)–C–C–N with tert-alkyl or cyclic N) is 1. The molecule has 102 valence electrons. The van der Waals surface area contributed by atoms with E-state index >= 15 is 0 Å². The number of aliphatic hydroxyl groups is 1. The molecule has 1 aliphatic rings. The maximum atomic E-state index is 12.2. The SMILES string of the molecule is O=C(c1cc(Br)cc([N+](=O)[O-])c1)N1CCC[C@H](O)C1. The fraction of sp³-hybridized carbons (Fsp3) is 0.417. The van der Waals surface area contributed by atoms with Gasteiger partial charge < -0.3 is 10.0 Å². The minimum atomic E-state index is -0.535. The third-order valence-corrected chi connectivity index (χ3v) is 3.48. The minimum Gasteiger partial charge on any atom is -0.391 e. The van der Waals surface area contributed by atoms with E-state index in [9.17, 15) is 20.0 Å². The third-order valence-electron chi connectivity index (χ3n) is 3.02. The largest absolute Gasteiger partial charge is 0.391 e. The molecule has 6 nitrogen and oxygen atoms in total. The van der Waals surface area contributed by atoms with Crippen LogP contribution in [0.1, 0.15) is 23.2 Å². The molecule has 1 saturated heterocycles. The zero-order valence-corrected chi connectivity index (χ0v) is 11.7. The van der Waals surface area contributed by atoms with Gasteiger partial charge in [-0.2, -0.15) is 0 Å². The summed E-state index contributed by atoms with van der Waals surface area (Å²) in [4.78, 5) is 24.0. The first-order valence-electron chi connectivity index (χ1n) is 5.89. The van der Waals surface area contributed by atoms with E-state index in [0.717, 1.165) is 6.42 Å². The van der Waals surface area contributed by atoms with Crippen LogP contribution in [0, 0.1) is 10.1 Å². The predicted octanol–water partition coefficient (Wildman–Crippen LogP) is 1.95. The summed E-state index contributed by atoms with van der Waals surface area (Å²) >= 11 is 3.16. The van der Waals surface area contributed by atoms with Crippen molar-refractivity contribution in [2.45, 2.75) is 18.9 Å². The number of amides is 1. The number of carbonyl (C=O) groups is 1. The summed E-state index contributed by atoms with van der Waals surface area (Å²) in [5, 5.41) is 20.3. The zero-order chi connectivity index (χ0) is 14.0. The van der Waals surface area contributed by atoms with Crippen LogP contribution in [0.2, 0.25) is 0 Å². The van der Waals surface area contributed by atoms with Gasteiger partial charge >= 0.3 is 0 Å². The number of hydrogen-bond donors (Lipinski definition) is 1. The predicted molar refractivity (Wildman–Crippen MR) is 71.9 cm³/mol. The molecule has 1 aromatic rings. The van der Waals surface area contributed by atoms with E-state index in [1.807, 2.05) is 0 Å². The lowest BCUT2D eigenvalue weighted by atomic mass is 10.1. The Bertz CT molecular complexity index is 520. The molecule has 0 radical (unpaired) electrons. The number of hydrogen-bond acceptors (Lipinski definition) is 4. The van der Waals surface area contributed by atoms with Crippen molar-refractivity contribution in [1.82, 2.24) is 4.90 Å². The topological polar surface area (TPSA) is 83.7 Å². The van der Waals surface area contributed by atoms with Crippen LogP contribution in [-0.4, -0.2) is 40.0 Å². The molecule has 0 spiro atoms. The second-order valence-electron chi connectivity index (χ2n) is 4.50. The van der Waals surface area contributed by atoms with E-state index < -0.39 is 11.0 Å². The number of nitro benzene ring substituents is 1. The number of rotatable bonds is 2. The molecule has 1 fully saturated rings. The lowest BCUT2D eigenvalue weighted by Gasteiger charge is -2.30. The molecule has 0 aromatic heterocycles. The Balaban J connectivity index is 2.25. The average Bonchev–Trinajstić information content (AvgIpc) is 2.37. The zero-order valence-electron chi connectivity index (χ0n) is 10.1. The average molecular weight is 329 g/mol. The Labute approximate surface area is 118 Å². The number of carbonyl (C=O) groups excluding carboxylic acids is 1. The molecule has 2 rings (SSSR count).